The zero-order chi connectivity index (χ0) is 16.2. The molecule has 0 spiro atoms. The van der Waals surface area contributed by atoms with Crippen LogP contribution in [0.4, 0.5) is 0 Å². The van der Waals surface area contributed by atoms with E-state index < -0.39 is 0 Å². The van der Waals surface area contributed by atoms with E-state index in [0.717, 1.165) is 12.0 Å². The van der Waals surface area contributed by atoms with Crippen LogP contribution in [0.2, 0.25) is 0 Å². The van der Waals surface area contributed by atoms with Gasteiger partial charge in [-0.05, 0) is 35.7 Å². The number of esters is 1. The minimum atomic E-state index is -0.360. The number of amides is 1. The number of thioether (sulfide) groups is 1. The van der Waals surface area contributed by atoms with E-state index in [1.165, 1.54) is 17.6 Å². The third-order valence-corrected chi connectivity index (χ3v) is 5.10. The van der Waals surface area contributed by atoms with Crippen molar-refractivity contribution in [3.8, 4) is 0 Å². The second-order valence-corrected chi connectivity index (χ2v) is 6.57. The molecule has 2 aromatic carbocycles. The van der Waals surface area contributed by atoms with E-state index in [9.17, 15) is 9.59 Å². The summed E-state index contributed by atoms with van der Waals surface area (Å²) in [6.45, 7) is 0.452. The molecule has 0 fully saturated rings. The van der Waals surface area contributed by atoms with Crippen LogP contribution in [0.5, 0.6) is 0 Å². The quantitative estimate of drug-likeness (QED) is 0.878. The summed E-state index contributed by atoms with van der Waals surface area (Å²) in [5.41, 5.74) is 2.69. The largest absolute Gasteiger partial charge is 0.465 e. The van der Waals surface area contributed by atoms with Crippen molar-refractivity contribution in [3.05, 3.63) is 65.2 Å². The van der Waals surface area contributed by atoms with Gasteiger partial charge in [-0.1, -0.05) is 30.3 Å². The van der Waals surface area contributed by atoms with E-state index in [1.807, 2.05) is 24.3 Å². The number of hydrogen-bond donors (Lipinski definition) is 1. The van der Waals surface area contributed by atoms with Gasteiger partial charge in [-0.15, -0.1) is 11.8 Å². The van der Waals surface area contributed by atoms with Crippen LogP contribution in [-0.2, 0) is 22.5 Å². The molecular formula is C18H17NO3S. The molecule has 0 saturated carbocycles. The van der Waals surface area contributed by atoms with Crippen molar-refractivity contribution in [3.63, 3.8) is 0 Å². The molecule has 1 atom stereocenters. The highest BCUT2D eigenvalue weighted by molar-refractivity contribution is 8.01. The maximum atomic E-state index is 12.3. The molecule has 1 amide bonds. The van der Waals surface area contributed by atoms with Crippen LogP contribution in [0.1, 0.15) is 21.5 Å². The maximum Gasteiger partial charge on any atom is 0.337 e. The molecule has 0 aliphatic carbocycles. The van der Waals surface area contributed by atoms with Gasteiger partial charge in [0.2, 0.25) is 5.91 Å². The molecule has 0 bridgehead atoms. The Bertz CT molecular complexity index is 702. The molecule has 1 aliphatic rings. The first-order chi connectivity index (χ1) is 11.2. The van der Waals surface area contributed by atoms with Gasteiger partial charge in [-0.3, -0.25) is 4.79 Å². The monoisotopic (exact) mass is 327 g/mol. The van der Waals surface area contributed by atoms with Gasteiger partial charge in [0.05, 0.1) is 17.9 Å². The molecule has 0 saturated heterocycles. The topological polar surface area (TPSA) is 55.4 Å². The molecule has 0 aromatic heterocycles. The SMILES string of the molecule is COC(=O)c1ccc(CNC(=O)C2Cc3ccccc3S2)cc1. The Morgan fingerprint density at radius 3 is 2.61 bits per heavy atom. The summed E-state index contributed by atoms with van der Waals surface area (Å²) in [6.07, 6.45) is 0.772. The van der Waals surface area contributed by atoms with E-state index in [0.29, 0.717) is 12.1 Å². The Balaban J connectivity index is 1.55. The second kappa shape index (κ2) is 6.87. The lowest BCUT2D eigenvalue weighted by Crippen LogP contribution is -2.31. The minimum absolute atomic E-state index is 0.0447. The van der Waals surface area contributed by atoms with E-state index in [4.69, 9.17) is 0 Å². The number of benzene rings is 2. The lowest BCUT2D eigenvalue weighted by molar-refractivity contribution is -0.120. The predicted molar refractivity (Wildman–Crippen MR) is 89.4 cm³/mol. The van der Waals surface area contributed by atoms with Gasteiger partial charge in [0.25, 0.3) is 0 Å². The average Bonchev–Trinajstić information content (AvgIpc) is 3.03. The molecule has 23 heavy (non-hydrogen) atoms. The van der Waals surface area contributed by atoms with Crippen molar-refractivity contribution in [2.24, 2.45) is 0 Å². The molecule has 2 aromatic rings. The van der Waals surface area contributed by atoms with E-state index >= 15 is 0 Å². The fourth-order valence-electron chi connectivity index (χ4n) is 2.51. The number of fused-ring (bicyclic) bond motifs is 1. The number of ether oxygens (including phenoxy) is 1. The first-order valence-electron chi connectivity index (χ1n) is 7.37. The molecule has 1 aliphatic heterocycles. The summed E-state index contributed by atoms with van der Waals surface area (Å²) in [5, 5.41) is 2.89. The van der Waals surface area contributed by atoms with Crippen LogP contribution >= 0.6 is 11.8 Å². The number of carbonyl (C=O) groups excluding carboxylic acids is 2. The third kappa shape index (κ3) is 3.56. The fraction of sp³-hybridized carbons (Fsp3) is 0.222. The highest BCUT2D eigenvalue weighted by Gasteiger charge is 2.27. The van der Waals surface area contributed by atoms with Crippen LogP contribution in [0.3, 0.4) is 0 Å². The molecule has 4 nitrogen and oxygen atoms in total. The fourth-order valence-corrected chi connectivity index (χ4v) is 3.73. The first kappa shape index (κ1) is 15.6. The van der Waals surface area contributed by atoms with Gasteiger partial charge >= 0.3 is 5.97 Å². The van der Waals surface area contributed by atoms with Crippen LogP contribution in [-0.4, -0.2) is 24.2 Å². The minimum Gasteiger partial charge on any atom is -0.465 e. The zero-order valence-electron chi connectivity index (χ0n) is 12.7. The van der Waals surface area contributed by atoms with Crippen LogP contribution in [0.15, 0.2) is 53.4 Å². The molecule has 1 unspecified atom stereocenters. The highest BCUT2D eigenvalue weighted by atomic mass is 32.2. The van der Waals surface area contributed by atoms with Gasteiger partial charge in [-0.2, -0.15) is 0 Å². The Kier molecular flexibility index (Phi) is 4.67. The number of methoxy groups -OCH3 is 1. The van der Waals surface area contributed by atoms with E-state index in [2.05, 4.69) is 22.2 Å². The van der Waals surface area contributed by atoms with Crippen LogP contribution in [0, 0.1) is 0 Å². The van der Waals surface area contributed by atoms with Crippen molar-refractivity contribution in [1.82, 2.24) is 5.32 Å². The maximum absolute atomic E-state index is 12.3. The average molecular weight is 327 g/mol. The Morgan fingerprint density at radius 1 is 1.17 bits per heavy atom. The molecule has 118 valence electrons. The van der Waals surface area contributed by atoms with Crippen molar-refractivity contribution >= 4 is 23.6 Å². The summed E-state index contributed by atoms with van der Waals surface area (Å²) < 4.78 is 4.66. The van der Waals surface area contributed by atoms with Crippen molar-refractivity contribution in [1.29, 1.82) is 0 Å². The molecule has 1 N–H and O–H groups in total. The first-order valence-corrected chi connectivity index (χ1v) is 8.25. The van der Waals surface area contributed by atoms with Crippen LogP contribution in [0.25, 0.3) is 0 Å². The Hall–Kier alpha value is -2.27. The summed E-state index contributed by atoms with van der Waals surface area (Å²) in [4.78, 5) is 24.9. The number of hydrogen-bond acceptors (Lipinski definition) is 4. The summed E-state index contributed by atoms with van der Waals surface area (Å²) >= 11 is 1.62. The van der Waals surface area contributed by atoms with E-state index in [-0.39, 0.29) is 17.1 Å². The molecular weight excluding hydrogens is 310 g/mol. The predicted octanol–water partition coefficient (Wildman–Crippen LogP) is 2.81. The molecule has 3 rings (SSSR count). The van der Waals surface area contributed by atoms with Crippen molar-refractivity contribution in [2.45, 2.75) is 23.1 Å². The van der Waals surface area contributed by atoms with Crippen molar-refractivity contribution < 1.29 is 14.3 Å². The zero-order valence-corrected chi connectivity index (χ0v) is 13.6. The Morgan fingerprint density at radius 2 is 1.91 bits per heavy atom. The molecule has 1 heterocycles. The van der Waals surface area contributed by atoms with Gasteiger partial charge in [-0.25, -0.2) is 4.79 Å². The van der Waals surface area contributed by atoms with Gasteiger partial charge in [0.1, 0.15) is 0 Å². The smallest absolute Gasteiger partial charge is 0.337 e. The number of nitrogens with one attached hydrogen (secondary N) is 1. The summed E-state index contributed by atoms with van der Waals surface area (Å²) in [6, 6.07) is 15.2. The summed E-state index contributed by atoms with van der Waals surface area (Å²) in [7, 11) is 1.35. The third-order valence-electron chi connectivity index (χ3n) is 3.78. The highest BCUT2D eigenvalue weighted by Crippen LogP contribution is 2.36. The van der Waals surface area contributed by atoms with Gasteiger partial charge in [0, 0.05) is 11.4 Å². The normalized spacial score (nSPS) is 15.8. The van der Waals surface area contributed by atoms with E-state index in [1.54, 1.807) is 23.9 Å². The lowest BCUT2D eigenvalue weighted by Gasteiger charge is -2.10. The molecule has 5 heteroatoms. The number of rotatable bonds is 4. The molecule has 0 radical (unpaired) electrons. The summed E-state index contributed by atoms with van der Waals surface area (Å²) in [5.74, 6) is -0.316. The Labute approximate surface area is 139 Å². The lowest BCUT2D eigenvalue weighted by atomic mass is 10.1. The number of carbonyl (C=O) groups is 2. The van der Waals surface area contributed by atoms with Crippen LogP contribution < -0.4 is 5.32 Å². The van der Waals surface area contributed by atoms with Crippen molar-refractivity contribution in [2.75, 3.05) is 7.11 Å². The standard InChI is InChI=1S/C18H17NO3S/c1-22-18(21)13-8-6-12(7-9-13)11-19-17(20)16-10-14-4-2-3-5-15(14)23-16/h2-9,16H,10-11H2,1H3,(H,19,20). The van der Waals surface area contributed by atoms with Gasteiger partial charge < -0.3 is 10.1 Å². The second-order valence-electron chi connectivity index (χ2n) is 5.32. The van der Waals surface area contributed by atoms with Gasteiger partial charge in [0.15, 0.2) is 0 Å².